The van der Waals surface area contributed by atoms with E-state index in [2.05, 4.69) is 21.2 Å². The Bertz CT molecular complexity index is 1530. The highest BCUT2D eigenvalue weighted by atomic mass is 79.9. The molecule has 0 spiro atoms. The number of rotatable bonds is 4. The third kappa shape index (κ3) is 4.50. The fraction of sp³-hybridized carbons (Fsp3) is 0.0357. The van der Waals surface area contributed by atoms with Gasteiger partial charge in [0.25, 0.3) is 11.8 Å². The number of hydrogen-bond donors (Lipinski definition) is 1. The van der Waals surface area contributed by atoms with Crippen LogP contribution in [0.5, 0.6) is 0 Å². The molecule has 0 aliphatic carbocycles. The summed E-state index contributed by atoms with van der Waals surface area (Å²) in [6, 6.07) is 23.6. The summed E-state index contributed by atoms with van der Waals surface area (Å²) in [5.74, 6) is -1.82. The topological polar surface area (TPSA) is 66.5 Å². The number of nitrogens with zero attached hydrogens (tertiary/aromatic N) is 1. The van der Waals surface area contributed by atoms with E-state index in [4.69, 9.17) is 0 Å². The summed E-state index contributed by atoms with van der Waals surface area (Å²) in [6.45, 7) is 0. The van der Waals surface area contributed by atoms with Crippen molar-refractivity contribution < 1.29 is 18.8 Å². The molecule has 5 rings (SSSR count). The van der Waals surface area contributed by atoms with E-state index in [0.29, 0.717) is 17.7 Å². The van der Waals surface area contributed by atoms with Gasteiger partial charge < -0.3 is 0 Å². The molecule has 1 aliphatic heterocycles. The van der Waals surface area contributed by atoms with E-state index in [-0.39, 0.29) is 11.4 Å². The number of barbiturate groups is 1. The van der Waals surface area contributed by atoms with Gasteiger partial charge in [0.05, 0.1) is 5.69 Å². The molecular formula is C28H18BrFN2O3. The summed E-state index contributed by atoms with van der Waals surface area (Å²) in [5.41, 5.74) is 2.41. The van der Waals surface area contributed by atoms with Gasteiger partial charge in [-0.05, 0) is 76.4 Å². The van der Waals surface area contributed by atoms with Crippen molar-refractivity contribution in [2.24, 2.45) is 0 Å². The quantitative estimate of drug-likeness (QED) is 0.261. The molecule has 0 atom stereocenters. The van der Waals surface area contributed by atoms with E-state index in [0.717, 1.165) is 31.3 Å². The van der Waals surface area contributed by atoms with E-state index in [1.54, 1.807) is 30.3 Å². The molecule has 1 aliphatic rings. The van der Waals surface area contributed by atoms with E-state index in [1.807, 2.05) is 42.5 Å². The van der Waals surface area contributed by atoms with E-state index in [9.17, 15) is 18.8 Å². The van der Waals surface area contributed by atoms with Gasteiger partial charge in [0.15, 0.2) is 0 Å². The predicted octanol–water partition coefficient (Wildman–Crippen LogP) is 6.00. The molecule has 1 heterocycles. The average Bonchev–Trinajstić information content (AvgIpc) is 2.84. The van der Waals surface area contributed by atoms with Crippen molar-refractivity contribution in [3.63, 3.8) is 0 Å². The van der Waals surface area contributed by atoms with Gasteiger partial charge in [-0.1, -0.05) is 64.5 Å². The van der Waals surface area contributed by atoms with Crippen molar-refractivity contribution in [1.82, 2.24) is 5.32 Å². The Labute approximate surface area is 209 Å². The average molecular weight is 529 g/mol. The van der Waals surface area contributed by atoms with Crippen LogP contribution in [0.25, 0.3) is 16.8 Å². The van der Waals surface area contributed by atoms with Crippen molar-refractivity contribution in [1.29, 1.82) is 0 Å². The molecule has 7 heteroatoms. The zero-order valence-corrected chi connectivity index (χ0v) is 19.9. The molecule has 5 nitrogen and oxygen atoms in total. The van der Waals surface area contributed by atoms with Crippen molar-refractivity contribution in [2.45, 2.75) is 6.42 Å². The first kappa shape index (κ1) is 22.7. The van der Waals surface area contributed by atoms with Crippen molar-refractivity contribution >= 4 is 56.3 Å². The van der Waals surface area contributed by atoms with Gasteiger partial charge in [0.1, 0.15) is 11.4 Å². The van der Waals surface area contributed by atoms with Crippen LogP contribution in [0, 0.1) is 5.82 Å². The molecule has 4 aromatic carbocycles. The zero-order valence-electron chi connectivity index (χ0n) is 18.3. The molecule has 0 unspecified atom stereocenters. The Morgan fingerprint density at radius 1 is 0.886 bits per heavy atom. The molecule has 0 radical (unpaired) electrons. The Hall–Kier alpha value is -4.10. The molecule has 0 aromatic heterocycles. The minimum absolute atomic E-state index is 0.163. The van der Waals surface area contributed by atoms with Crippen molar-refractivity contribution in [2.75, 3.05) is 4.90 Å². The lowest BCUT2D eigenvalue weighted by molar-refractivity contribution is -0.122. The van der Waals surface area contributed by atoms with Crippen LogP contribution in [-0.2, 0) is 16.0 Å². The van der Waals surface area contributed by atoms with Crippen LogP contribution >= 0.6 is 15.9 Å². The highest BCUT2D eigenvalue weighted by Gasteiger charge is 2.37. The minimum Gasteiger partial charge on any atom is -0.273 e. The smallest absolute Gasteiger partial charge is 0.273 e. The van der Waals surface area contributed by atoms with Crippen LogP contribution in [0.1, 0.15) is 16.7 Å². The number of urea groups is 1. The number of fused-ring (bicyclic) bond motifs is 1. The molecule has 1 fully saturated rings. The summed E-state index contributed by atoms with van der Waals surface area (Å²) < 4.78 is 14.6. The van der Waals surface area contributed by atoms with Gasteiger partial charge in [0, 0.05) is 4.47 Å². The molecular weight excluding hydrogens is 511 g/mol. The maximum atomic E-state index is 13.8. The van der Waals surface area contributed by atoms with Gasteiger partial charge in [-0.2, -0.15) is 0 Å². The second kappa shape index (κ2) is 9.27. The third-order valence-corrected chi connectivity index (χ3v) is 6.35. The number of amides is 4. The second-order valence-electron chi connectivity index (χ2n) is 8.10. The van der Waals surface area contributed by atoms with Crippen LogP contribution in [0.2, 0.25) is 0 Å². The van der Waals surface area contributed by atoms with Gasteiger partial charge >= 0.3 is 6.03 Å². The van der Waals surface area contributed by atoms with Crippen LogP contribution in [0.4, 0.5) is 14.9 Å². The number of carbonyl (C=O) groups is 3. The van der Waals surface area contributed by atoms with Crippen LogP contribution in [0.15, 0.2) is 95.0 Å². The monoisotopic (exact) mass is 528 g/mol. The van der Waals surface area contributed by atoms with E-state index >= 15 is 0 Å². The Morgan fingerprint density at radius 3 is 2.43 bits per heavy atom. The Balaban J connectivity index is 1.64. The molecule has 0 bridgehead atoms. The summed E-state index contributed by atoms with van der Waals surface area (Å²) in [5, 5.41) is 4.02. The molecule has 4 aromatic rings. The highest BCUT2D eigenvalue weighted by molar-refractivity contribution is 9.10. The maximum Gasteiger partial charge on any atom is 0.335 e. The van der Waals surface area contributed by atoms with Crippen LogP contribution < -0.4 is 10.2 Å². The molecule has 0 saturated carbocycles. The van der Waals surface area contributed by atoms with Gasteiger partial charge in [0.2, 0.25) is 0 Å². The molecule has 1 N–H and O–H groups in total. The van der Waals surface area contributed by atoms with Crippen molar-refractivity contribution in [3.05, 3.63) is 117 Å². The number of carbonyl (C=O) groups excluding carboxylic acids is 3. The van der Waals surface area contributed by atoms with Gasteiger partial charge in [-0.25, -0.2) is 14.1 Å². The first-order valence-corrected chi connectivity index (χ1v) is 11.6. The number of benzene rings is 4. The second-order valence-corrected chi connectivity index (χ2v) is 9.02. The fourth-order valence-corrected chi connectivity index (χ4v) is 4.42. The van der Waals surface area contributed by atoms with E-state index in [1.165, 1.54) is 18.2 Å². The maximum absolute atomic E-state index is 13.8. The SMILES string of the molecule is O=C1NC(=O)N(c2ccc(Br)cc2)C(=O)/C1=C/c1c(Cc2cccc(F)c2)ccc2ccccc12. The van der Waals surface area contributed by atoms with Gasteiger partial charge in [-0.3, -0.25) is 14.9 Å². The first-order valence-electron chi connectivity index (χ1n) is 10.8. The lowest BCUT2D eigenvalue weighted by Gasteiger charge is -2.26. The molecule has 1 saturated heterocycles. The first-order chi connectivity index (χ1) is 16.9. The van der Waals surface area contributed by atoms with Crippen molar-refractivity contribution in [3.8, 4) is 0 Å². The fourth-order valence-electron chi connectivity index (χ4n) is 4.16. The summed E-state index contributed by atoms with van der Waals surface area (Å²) in [6.07, 6.45) is 1.92. The number of anilines is 1. The molecule has 172 valence electrons. The minimum atomic E-state index is -0.808. The summed E-state index contributed by atoms with van der Waals surface area (Å²) in [4.78, 5) is 39.7. The highest BCUT2D eigenvalue weighted by Crippen LogP contribution is 2.29. The lowest BCUT2D eigenvalue weighted by Crippen LogP contribution is -2.54. The lowest BCUT2D eigenvalue weighted by atomic mass is 9.92. The standard InChI is InChI=1S/C28H18BrFN2O3/c29-20-10-12-22(13-11-20)32-27(34)25(26(33)31-28(32)35)16-24-19(14-17-4-3-6-21(30)15-17)9-8-18-5-1-2-7-23(18)24/h1-13,15-16H,14H2,(H,31,33,35)/b25-16+. The number of halogens is 2. The Morgan fingerprint density at radius 2 is 1.66 bits per heavy atom. The molecule has 35 heavy (non-hydrogen) atoms. The van der Waals surface area contributed by atoms with Crippen LogP contribution in [-0.4, -0.2) is 17.8 Å². The summed E-state index contributed by atoms with van der Waals surface area (Å²) in [7, 11) is 0. The normalized spacial score (nSPS) is 15.1. The van der Waals surface area contributed by atoms with Crippen LogP contribution in [0.3, 0.4) is 0 Å². The van der Waals surface area contributed by atoms with E-state index < -0.39 is 17.8 Å². The zero-order chi connectivity index (χ0) is 24.5. The third-order valence-electron chi connectivity index (χ3n) is 5.82. The van der Waals surface area contributed by atoms with Gasteiger partial charge in [-0.15, -0.1) is 0 Å². The Kier molecular flexibility index (Phi) is 6.01. The summed E-state index contributed by atoms with van der Waals surface area (Å²) >= 11 is 3.33. The predicted molar refractivity (Wildman–Crippen MR) is 136 cm³/mol. The number of hydrogen-bond acceptors (Lipinski definition) is 3. The number of nitrogens with one attached hydrogen (secondary N) is 1. The largest absolute Gasteiger partial charge is 0.335 e. The number of imide groups is 2. The molecule has 4 amide bonds.